The van der Waals surface area contributed by atoms with Crippen molar-refractivity contribution in [1.82, 2.24) is 20.4 Å². The summed E-state index contributed by atoms with van der Waals surface area (Å²) in [4.78, 5) is 6.87. The van der Waals surface area contributed by atoms with Gasteiger partial charge in [-0.2, -0.15) is 16.7 Å². The number of likely N-dealkylation sites (N-methyl/N-ethyl adjacent to an activating group) is 1. The molecule has 1 aromatic rings. The van der Waals surface area contributed by atoms with E-state index in [4.69, 9.17) is 9.26 Å². The van der Waals surface area contributed by atoms with Gasteiger partial charge < -0.3 is 14.6 Å². The summed E-state index contributed by atoms with van der Waals surface area (Å²) in [6, 6.07) is 0.186. The number of nitrogens with one attached hydrogen (secondary N) is 1. The molecule has 0 saturated carbocycles. The largest absolute Gasteiger partial charge is 0.367 e. The van der Waals surface area contributed by atoms with Crippen LogP contribution in [-0.4, -0.2) is 59.3 Å². The van der Waals surface area contributed by atoms with Crippen molar-refractivity contribution in [3.8, 4) is 0 Å². The molecule has 19 heavy (non-hydrogen) atoms. The Bertz CT molecular complexity index is 408. The molecule has 0 amide bonds. The fourth-order valence-electron chi connectivity index (χ4n) is 2.39. The van der Waals surface area contributed by atoms with E-state index in [1.165, 1.54) is 0 Å². The van der Waals surface area contributed by atoms with Crippen molar-refractivity contribution < 1.29 is 9.26 Å². The second kappa shape index (κ2) is 6.21. The maximum Gasteiger partial charge on any atom is 0.244 e. The summed E-state index contributed by atoms with van der Waals surface area (Å²) in [5.41, 5.74) is 0. The zero-order valence-electron chi connectivity index (χ0n) is 11.2. The molecule has 0 radical (unpaired) electrons. The first kappa shape index (κ1) is 13.4. The monoisotopic (exact) mass is 284 g/mol. The third-order valence-electron chi connectivity index (χ3n) is 3.56. The average Bonchev–Trinajstić information content (AvgIpc) is 2.98. The van der Waals surface area contributed by atoms with E-state index in [-0.39, 0.29) is 12.1 Å². The second-order valence-corrected chi connectivity index (χ2v) is 5.97. The molecule has 0 spiro atoms. The van der Waals surface area contributed by atoms with Crippen LogP contribution < -0.4 is 5.32 Å². The van der Waals surface area contributed by atoms with Crippen LogP contribution >= 0.6 is 11.8 Å². The maximum atomic E-state index is 5.74. The number of ether oxygens (including phenoxy) is 1. The minimum atomic E-state index is -0.0533. The van der Waals surface area contributed by atoms with Gasteiger partial charge in [0.05, 0.1) is 12.6 Å². The van der Waals surface area contributed by atoms with Gasteiger partial charge in [-0.1, -0.05) is 12.1 Å². The highest BCUT2D eigenvalue weighted by atomic mass is 32.2. The Hall–Kier alpha value is -0.630. The highest BCUT2D eigenvalue weighted by molar-refractivity contribution is 7.99. The molecule has 7 heteroatoms. The van der Waals surface area contributed by atoms with Crippen LogP contribution in [0.15, 0.2) is 4.52 Å². The van der Waals surface area contributed by atoms with Crippen molar-refractivity contribution in [3.05, 3.63) is 11.7 Å². The molecule has 2 unspecified atom stereocenters. The normalized spacial score (nSPS) is 29.5. The standard InChI is InChI=1S/C12H20N4O2S/c1-2-16-4-5-17-10(7-16)11-14-12(18-15-11)9-8-19-6-3-13-9/h9-10,13H,2-8H2,1H3. The van der Waals surface area contributed by atoms with E-state index in [9.17, 15) is 0 Å². The summed E-state index contributed by atoms with van der Waals surface area (Å²) in [5.74, 6) is 3.52. The van der Waals surface area contributed by atoms with Crippen molar-refractivity contribution >= 4 is 11.8 Å². The Morgan fingerprint density at radius 2 is 2.47 bits per heavy atom. The Kier molecular flexibility index (Phi) is 4.37. The van der Waals surface area contributed by atoms with Crippen LogP contribution in [0.25, 0.3) is 0 Å². The third-order valence-corrected chi connectivity index (χ3v) is 4.62. The summed E-state index contributed by atoms with van der Waals surface area (Å²) < 4.78 is 11.1. The number of morpholine rings is 1. The van der Waals surface area contributed by atoms with Crippen molar-refractivity contribution in [2.75, 3.05) is 44.3 Å². The maximum absolute atomic E-state index is 5.74. The Balaban J connectivity index is 1.66. The highest BCUT2D eigenvalue weighted by Gasteiger charge is 2.28. The van der Waals surface area contributed by atoms with E-state index in [2.05, 4.69) is 27.3 Å². The SMILES string of the molecule is CCN1CCOC(c2noc(C3CSCCN3)n2)C1. The fraction of sp³-hybridized carbons (Fsp3) is 0.833. The first-order valence-electron chi connectivity index (χ1n) is 6.85. The van der Waals surface area contributed by atoms with Gasteiger partial charge in [0.1, 0.15) is 6.10 Å². The van der Waals surface area contributed by atoms with Gasteiger partial charge >= 0.3 is 0 Å². The molecule has 2 saturated heterocycles. The molecule has 0 aliphatic carbocycles. The van der Waals surface area contributed by atoms with Crippen molar-refractivity contribution in [1.29, 1.82) is 0 Å². The molecule has 3 rings (SSSR count). The molecule has 2 aliphatic heterocycles. The van der Waals surface area contributed by atoms with E-state index in [0.29, 0.717) is 11.7 Å². The van der Waals surface area contributed by atoms with E-state index in [1.54, 1.807) is 0 Å². The molecule has 3 heterocycles. The first-order chi connectivity index (χ1) is 9.36. The van der Waals surface area contributed by atoms with Gasteiger partial charge in [-0.25, -0.2) is 0 Å². The molecule has 1 aromatic heterocycles. The Labute approximate surface area is 117 Å². The Morgan fingerprint density at radius 1 is 1.53 bits per heavy atom. The van der Waals surface area contributed by atoms with Gasteiger partial charge in [0, 0.05) is 31.1 Å². The van der Waals surface area contributed by atoms with Crippen LogP contribution in [0, 0.1) is 0 Å². The van der Waals surface area contributed by atoms with Crippen molar-refractivity contribution in [2.45, 2.75) is 19.1 Å². The van der Waals surface area contributed by atoms with Gasteiger partial charge in [0.25, 0.3) is 0 Å². The van der Waals surface area contributed by atoms with Crippen LogP contribution in [0.4, 0.5) is 0 Å². The summed E-state index contributed by atoms with van der Waals surface area (Å²) in [6.45, 7) is 6.76. The van der Waals surface area contributed by atoms with Crippen LogP contribution in [0.1, 0.15) is 30.8 Å². The molecule has 2 fully saturated rings. The predicted molar refractivity (Wildman–Crippen MR) is 73.2 cm³/mol. The lowest BCUT2D eigenvalue weighted by Crippen LogP contribution is -2.38. The molecular weight excluding hydrogens is 264 g/mol. The second-order valence-electron chi connectivity index (χ2n) is 4.83. The molecule has 2 atom stereocenters. The summed E-state index contributed by atoms with van der Waals surface area (Å²) in [7, 11) is 0. The number of hydrogen-bond acceptors (Lipinski definition) is 7. The number of nitrogens with zero attached hydrogens (tertiary/aromatic N) is 3. The summed E-state index contributed by atoms with van der Waals surface area (Å²) in [6.07, 6.45) is -0.0533. The van der Waals surface area contributed by atoms with E-state index in [0.717, 1.165) is 44.3 Å². The lowest BCUT2D eigenvalue weighted by atomic mass is 10.2. The molecular formula is C12H20N4O2S. The van der Waals surface area contributed by atoms with Gasteiger partial charge in [-0.3, -0.25) is 4.90 Å². The van der Waals surface area contributed by atoms with Crippen LogP contribution in [0.3, 0.4) is 0 Å². The van der Waals surface area contributed by atoms with Crippen molar-refractivity contribution in [2.24, 2.45) is 0 Å². The van der Waals surface area contributed by atoms with E-state index < -0.39 is 0 Å². The first-order valence-corrected chi connectivity index (χ1v) is 8.01. The molecule has 106 valence electrons. The van der Waals surface area contributed by atoms with Crippen LogP contribution in [0.2, 0.25) is 0 Å². The molecule has 2 aliphatic rings. The number of thioether (sulfide) groups is 1. The molecule has 6 nitrogen and oxygen atoms in total. The quantitative estimate of drug-likeness (QED) is 0.882. The summed E-state index contributed by atoms with van der Waals surface area (Å²) >= 11 is 1.92. The number of hydrogen-bond donors (Lipinski definition) is 1. The summed E-state index contributed by atoms with van der Waals surface area (Å²) in [5, 5.41) is 7.50. The Morgan fingerprint density at radius 3 is 3.26 bits per heavy atom. The fourth-order valence-corrected chi connectivity index (χ4v) is 3.31. The third kappa shape index (κ3) is 3.10. The van der Waals surface area contributed by atoms with E-state index >= 15 is 0 Å². The minimum Gasteiger partial charge on any atom is -0.367 e. The zero-order valence-corrected chi connectivity index (χ0v) is 12.0. The predicted octanol–water partition coefficient (Wildman–Crippen LogP) is 0.840. The zero-order chi connectivity index (χ0) is 13.1. The van der Waals surface area contributed by atoms with Gasteiger partial charge in [0.15, 0.2) is 0 Å². The number of aromatic nitrogens is 2. The van der Waals surface area contributed by atoms with Gasteiger partial charge in [-0.05, 0) is 6.54 Å². The average molecular weight is 284 g/mol. The lowest BCUT2D eigenvalue weighted by molar-refractivity contribution is -0.0334. The highest BCUT2D eigenvalue weighted by Crippen LogP contribution is 2.24. The molecule has 0 aromatic carbocycles. The van der Waals surface area contributed by atoms with Crippen LogP contribution in [0.5, 0.6) is 0 Å². The molecule has 1 N–H and O–H groups in total. The number of rotatable bonds is 3. The topological polar surface area (TPSA) is 63.4 Å². The minimum absolute atomic E-state index is 0.0533. The van der Waals surface area contributed by atoms with Gasteiger partial charge in [-0.15, -0.1) is 0 Å². The van der Waals surface area contributed by atoms with Crippen LogP contribution in [-0.2, 0) is 4.74 Å². The molecule has 0 bridgehead atoms. The smallest absolute Gasteiger partial charge is 0.244 e. The lowest BCUT2D eigenvalue weighted by Gasteiger charge is -2.30. The van der Waals surface area contributed by atoms with Crippen molar-refractivity contribution in [3.63, 3.8) is 0 Å². The van der Waals surface area contributed by atoms with Gasteiger partial charge in [0.2, 0.25) is 11.7 Å². The van der Waals surface area contributed by atoms with E-state index in [1.807, 2.05) is 11.8 Å².